The van der Waals surface area contributed by atoms with E-state index in [1.165, 1.54) is 0 Å². The number of imidazole rings is 1. The fourth-order valence-corrected chi connectivity index (χ4v) is 3.17. The molecule has 2 aromatic heterocycles. The monoisotopic (exact) mass is 344 g/mol. The van der Waals surface area contributed by atoms with E-state index in [9.17, 15) is 4.79 Å². The number of nitrogens with zero attached hydrogens (tertiary/aromatic N) is 3. The van der Waals surface area contributed by atoms with E-state index in [0.717, 1.165) is 23.0 Å². The van der Waals surface area contributed by atoms with Crippen molar-refractivity contribution in [2.24, 2.45) is 5.92 Å². The average Bonchev–Trinajstić information content (AvgIpc) is 3.06. The second kappa shape index (κ2) is 6.59. The number of rotatable bonds is 4. The predicted molar refractivity (Wildman–Crippen MR) is 104 cm³/mol. The lowest BCUT2D eigenvalue weighted by Gasteiger charge is -2.11. The Morgan fingerprint density at radius 3 is 2.58 bits per heavy atom. The molecule has 4 aromatic rings. The van der Waals surface area contributed by atoms with Crippen LogP contribution in [0, 0.1) is 5.92 Å². The first-order chi connectivity index (χ1) is 12.6. The third kappa shape index (κ3) is 2.92. The van der Waals surface area contributed by atoms with Gasteiger partial charge in [0, 0.05) is 17.5 Å². The number of carbonyl (C=O) groups is 1. The van der Waals surface area contributed by atoms with Gasteiger partial charge in [-0.1, -0.05) is 50.2 Å². The van der Waals surface area contributed by atoms with Gasteiger partial charge in [0.2, 0.25) is 0 Å². The molecule has 0 saturated carbocycles. The van der Waals surface area contributed by atoms with Crippen LogP contribution >= 0.6 is 0 Å². The van der Waals surface area contributed by atoms with Crippen molar-refractivity contribution in [3.63, 3.8) is 0 Å². The number of benzene rings is 2. The molecule has 26 heavy (non-hydrogen) atoms. The third-order valence-corrected chi connectivity index (χ3v) is 4.28. The number of nitrogens with one attached hydrogen (secondary N) is 1. The van der Waals surface area contributed by atoms with Crippen LogP contribution in [0.25, 0.3) is 21.9 Å². The number of aromatic nitrogens is 3. The average molecular weight is 344 g/mol. The van der Waals surface area contributed by atoms with Crippen LogP contribution in [0.4, 0.5) is 5.82 Å². The van der Waals surface area contributed by atoms with E-state index < -0.39 is 0 Å². The summed E-state index contributed by atoms with van der Waals surface area (Å²) in [7, 11) is 0. The highest BCUT2D eigenvalue weighted by molar-refractivity contribution is 6.12. The molecular formula is C21H20N4O. The maximum Gasteiger partial charge on any atom is 0.256 e. The van der Waals surface area contributed by atoms with Crippen molar-refractivity contribution in [2.45, 2.75) is 20.4 Å². The Kier molecular flexibility index (Phi) is 4.13. The molecule has 0 spiro atoms. The van der Waals surface area contributed by atoms with Crippen molar-refractivity contribution >= 4 is 33.7 Å². The molecule has 0 aliphatic carbocycles. The lowest BCUT2D eigenvalue weighted by molar-refractivity contribution is 0.102. The molecular weight excluding hydrogens is 324 g/mol. The Morgan fingerprint density at radius 2 is 1.81 bits per heavy atom. The summed E-state index contributed by atoms with van der Waals surface area (Å²) in [6.45, 7) is 5.21. The van der Waals surface area contributed by atoms with E-state index >= 15 is 0 Å². The topological polar surface area (TPSA) is 59.8 Å². The standard InChI is InChI=1S/C21H20N4O/c1-14(2)12-25-13-22-18-19(25)16-10-6-7-11-17(16)23-20(18)24-21(26)15-8-4-3-5-9-15/h3-11,13-14H,12H2,1-2H3,(H,23,24,26). The SMILES string of the molecule is CC(C)Cn1cnc2c(NC(=O)c3ccccc3)nc3ccccc3c21. The zero-order valence-corrected chi connectivity index (χ0v) is 14.8. The van der Waals surface area contributed by atoms with E-state index in [4.69, 9.17) is 0 Å². The Hall–Kier alpha value is -3.21. The van der Waals surface area contributed by atoms with Gasteiger partial charge in [0.15, 0.2) is 5.82 Å². The van der Waals surface area contributed by atoms with Crippen LogP contribution in [0.5, 0.6) is 0 Å². The summed E-state index contributed by atoms with van der Waals surface area (Å²) in [5.41, 5.74) is 3.16. The minimum Gasteiger partial charge on any atom is -0.330 e. The summed E-state index contributed by atoms with van der Waals surface area (Å²) in [6.07, 6.45) is 1.83. The molecule has 1 N–H and O–H groups in total. The van der Waals surface area contributed by atoms with Gasteiger partial charge in [-0.3, -0.25) is 4.79 Å². The normalized spacial score (nSPS) is 11.3. The Balaban J connectivity index is 1.86. The highest BCUT2D eigenvalue weighted by Crippen LogP contribution is 2.29. The lowest BCUT2D eigenvalue weighted by Crippen LogP contribution is -2.13. The number of para-hydroxylation sites is 1. The highest BCUT2D eigenvalue weighted by Gasteiger charge is 2.16. The van der Waals surface area contributed by atoms with Gasteiger partial charge < -0.3 is 9.88 Å². The molecule has 2 heterocycles. The molecule has 130 valence electrons. The molecule has 0 atom stereocenters. The van der Waals surface area contributed by atoms with E-state index in [-0.39, 0.29) is 5.91 Å². The van der Waals surface area contributed by atoms with Crippen molar-refractivity contribution < 1.29 is 4.79 Å². The van der Waals surface area contributed by atoms with Gasteiger partial charge in [0.1, 0.15) is 5.52 Å². The van der Waals surface area contributed by atoms with E-state index in [2.05, 4.69) is 33.7 Å². The molecule has 4 rings (SSSR count). The molecule has 0 radical (unpaired) electrons. The molecule has 2 aromatic carbocycles. The largest absolute Gasteiger partial charge is 0.330 e. The molecule has 0 fully saturated rings. The van der Waals surface area contributed by atoms with Gasteiger partial charge in [-0.05, 0) is 24.1 Å². The van der Waals surface area contributed by atoms with Crippen molar-refractivity contribution in [3.05, 3.63) is 66.5 Å². The van der Waals surface area contributed by atoms with Gasteiger partial charge >= 0.3 is 0 Å². The molecule has 0 unspecified atom stereocenters. The number of fused-ring (bicyclic) bond motifs is 3. The van der Waals surface area contributed by atoms with Crippen LogP contribution < -0.4 is 5.32 Å². The minimum atomic E-state index is -0.187. The molecule has 0 saturated heterocycles. The molecule has 0 bridgehead atoms. The summed E-state index contributed by atoms with van der Waals surface area (Å²) in [6, 6.07) is 17.1. The maximum atomic E-state index is 12.6. The summed E-state index contributed by atoms with van der Waals surface area (Å²) in [5.74, 6) is 0.796. The number of hydrogen-bond donors (Lipinski definition) is 1. The van der Waals surface area contributed by atoms with E-state index in [1.54, 1.807) is 12.1 Å². The van der Waals surface area contributed by atoms with Crippen LogP contribution in [-0.2, 0) is 6.54 Å². The Morgan fingerprint density at radius 1 is 1.08 bits per heavy atom. The summed E-state index contributed by atoms with van der Waals surface area (Å²) >= 11 is 0. The quantitative estimate of drug-likeness (QED) is 0.593. The molecule has 5 heteroatoms. The van der Waals surface area contributed by atoms with Gasteiger partial charge in [-0.15, -0.1) is 0 Å². The van der Waals surface area contributed by atoms with Crippen LogP contribution in [0.2, 0.25) is 0 Å². The van der Waals surface area contributed by atoms with E-state index in [0.29, 0.717) is 22.8 Å². The zero-order chi connectivity index (χ0) is 18.1. The fourth-order valence-electron chi connectivity index (χ4n) is 3.17. The highest BCUT2D eigenvalue weighted by atomic mass is 16.1. The van der Waals surface area contributed by atoms with Crippen molar-refractivity contribution in [2.75, 3.05) is 5.32 Å². The maximum absolute atomic E-state index is 12.6. The van der Waals surface area contributed by atoms with Crippen LogP contribution in [0.3, 0.4) is 0 Å². The second-order valence-corrected chi connectivity index (χ2v) is 6.79. The van der Waals surface area contributed by atoms with Crippen LogP contribution in [-0.4, -0.2) is 20.4 Å². The Bertz CT molecular complexity index is 1080. The fraction of sp³-hybridized carbons (Fsp3) is 0.190. The van der Waals surface area contributed by atoms with Gasteiger partial charge in [-0.25, -0.2) is 9.97 Å². The molecule has 5 nitrogen and oxygen atoms in total. The van der Waals surface area contributed by atoms with Crippen molar-refractivity contribution in [3.8, 4) is 0 Å². The van der Waals surface area contributed by atoms with Gasteiger partial charge in [0.05, 0.1) is 17.4 Å². The first kappa shape index (κ1) is 16.3. The smallest absolute Gasteiger partial charge is 0.256 e. The second-order valence-electron chi connectivity index (χ2n) is 6.79. The summed E-state index contributed by atoms with van der Waals surface area (Å²) < 4.78 is 2.14. The molecule has 0 aliphatic heterocycles. The zero-order valence-electron chi connectivity index (χ0n) is 14.8. The number of pyridine rings is 1. The van der Waals surface area contributed by atoms with Gasteiger partial charge in [0.25, 0.3) is 5.91 Å². The summed E-state index contributed by atoms with van der Waals surface area (Å²) in [4.78, 5) is 21.8. The number of hydrogen-bond acceptors (Lipinski definition) is 3. The predicted octanol–water partition coefficient (Wildman–Crippen LogP) is 4.49. The van der Waals surface area contributed by atoms with Crippen molar-refractivity contribution in [1.82, 2.24) is 14.5 Å². The number of anilines is 1. The molecule has 0 aliphatic rings. The number of amides is 1. The van der Waals surface area contributed by atoms with Crippen molar-refractivity contribution in [1.29, 1.82) is 0 Å². The number of carbonyl (C=O) groups excluding carboxylic acids is 1. The first-order valence-electron chi connectivity index (χ1n) is 8.73. The summed E-state index contributed by atoms with van der Waals surface area (Å²) in [5, 5.41) is 3.97. The minimum absolute atomic E-state index is 0.187. The van der Waals surface area contributed by atoms with Gasteiger partial charge in [-0.2, -0.15) is 0 Å². The van der Waals surface area contributed by atoms with Crippen LogP contribution in [0.15, 0.2) is 60.9 Å². The van der Waals surface area contributed by atoms with E-state index in [1.807, 2.05) is 48.8 Å². The van der Waals surface area contributed by atoms with Crippen LogP contribution in [0.1, 0.15) is 24.2 Å². The Labute approximate surface area is 151 Å². The lowest BCUT2D eigenvalue weighted by atomic mass is 10.1. The third-order valence-electron chi connectivity index (χ3n) is 4.28. The first-order valence-corrected chi connectivity index (χ1v) is 8.73. The molecule has 1 amide bonds.